The summed E-state index contributed by atoms with van der Waals surface area (Å²) in [7, 11) is 1.70. The molecule has 1 fully saturated rings. The first-order valence-electron chi connectivity index (χ1n) is 12.2. The molecule has 1 aliphatic rings. The van der Waals surface area contributed by atoms with Crippen molar-refractivity contribution in [3.63, 3.8) is 0 Å². The number of anilines is 2. The Labute approximate surface area is 229 Å². The third kappa shape index (κ3) is 8.65. The number of guanidine groups is 1. The SMILES string of the molecule is COc1ccccc1N1CCN(C(=NCc2ccccc2)Nc2ccc(C(=O)O)cc2)CC1.O=C(O)C(F)(F)F. The molecule has 1 heterocycles. The molecule has 4 rings (SSSR count). The number of ether oxygens (including phenoxy) is 1. The number of carboxylic acid groups (broad SMARTS) is 2. The van der Waals surface area contributed by atoms with Gasteiger partial charge in [-0.2, -0.15) is 13.2 Å². The Morgan fingerprint density at radius 1 is 0.900 bits per heavy atom. The van der Waals surface area contributed by atoms with Crippen LogP contribution in [0.2, 0.25) is 0 Å². The summed E-state index contributed by atoms with van der Waals surface area (Å²) < 4.78 is 37.3. The molecular formula is C28H29F3N4O5. The second-order valence-corrected chi connectivity index (χ2v) is 8.58. The van der Waals surface area contributed by atoms with Gasteiger partial charge in [-0.05, 0) is 42.0 Å². The van der Waals surface area contributed by atoms with Crippen LogP contribution in [0.4, 0.5) is 24.5 Å². The summed E-state index contributed by atoms with van der Waals surface area (Å²) in [6.07, 6.45) is -5.08. The summed E-state index contributed by atoms with van der Waals surface area (Å²) in [4.78, 5) is 29.5. The zero-order valence-corrected chi connectivity index (χ0v) is 21.6. The van der Waals surface area contributed by atoms with Crippen LogP contribution in [0.1, 0.15) is 15.9 Å². The van der Waals surface area contributed by atoms with Crippen LogP contribution in [-0.2, 0) is 11.3 Å². The van der Waals surface area contributed by atoms with E-state index < -0.39 is 18.1 Å². The summed E-state index contributed by atoms with van der Waals surface area (Å²) in [5.41, 5.74) is 3.29. The summed E-state index contributed by atoms with van der Waals surface area (Å²) in [6, 6.07) is 24.9. The third-order valence-electron chi connectivity index (χ3n) is 5.89. The van der Waals surface area contributed by atoms with Gasteiger partial charge in [0.2, 0.25) is 0 Å². The second-order valence-electron chi connectivity index (χ2n) is 8.58. The minimum Gasteiger partial charge on any atom is -0.495 e. The Balaban J connectivity index is 0.000000559. The van der Waals surface area contributed by atoms with E-state index in [1.54, 1.807) is 31.4 Å². The number of carbonyl (C=O) groups is 2. The van der Waals surface area contributed by atoms with Gasteiger partial charge in [-0.3, -0.25) is 0 Å². The van der Waals surface area contributed by atoms with Gasteiger partial charge in [0.15, 0.2) is 5.96 Å². The Morgan fingerprint density at radius 3 is 2.02 bits per heavy atom. The maximum atomic E-state index is 11.2. The average Bonchev–Trinajstić information content (AvgIpc) is 2.96. The number of hydrogen-bond donors (Lipinski definition) is 3. The van der Waals surface area contributed by atoms with Crippen molar-refractivity contribution in [1.29, 1.82) is 0 Å². The molecule has 3 N–H and O–H groups in total. The van der Waals surface area contributed by atoms with Gasteiger partial charge < -0.3 is 30.1 Å². The molecule has 3 aromatic carbocycles. The lowest BCUT2D eigenvalue weighted by molar-refractivity contribution is -0.192. The number of methoxy groups -OCH3 is 1. The van der Waals surface area contributed by atoms with Crippen molar-refractivity contribution in [2.24, 2.45) is 4.99 Å². The predicted molar refractivity (Wildman–Crippen MR) is 145 cm³/mol. The van der Waals surface area contributed by atoms with E-state index in [-0.39, 0.29) is 5.56 Å². The summed E-state index contributed by atoms with van der Waals surface area (Å²) in [6.45, 7) is 3.83. The van der Waals surface area contributed by atoms with Crippen molar-refractivity contribution < 1.29 is 37.7 Å². The molecule has 0 unspecified atom stereocenters. The minimum absolute atomic E-state index is 0.258. The van der Waals surface area contributed by atoms with E-state index in [1.807, 2.05) is 36.4 Å². The zero-order valence-electron chi connectivity index (χ0n) is 21.6. The van der Waals surface area contributed by atoms with Crippen molar-refractivity contribution in [3.05, 3.63) is 90.0 Å². The molecule has 40 heavy (non-hydrogen) atoms. The van der Waals surface area contributed by atoms with Crippen molar-refractivity contribution in [2.45, 2.75) is 12.7 Å². The normalized spacial score (nSPS) is 13.7. The van der Waals surface area contributed by atoms with Gasteiger partial charge in [0, 0.05) is 31.9 Å². The highest BCUT2D eigenvalue weighted by Crippen LogP contribution is 2.28. The van der Waals surface area contributed by atoms with Gasteiger partial charge in [-0.1, -0.05) is 42.5 Å². The van der Waals surface area contributed by atoms with Crippen molar-refractivity contribution in [2.75, 3.05) is 43.5 Å². The van der Waals surface area contributed by atoms with Gasteiger partial charge in [0.25, 0.3) is 0 Å². The lowest BCUT2D eigenvalue weighted by Gasteiger charge is -2.38. The number of aliphatic imine (C=N–C) groups is 1. The van der Waals surface area contributed by atoms with Crippen LogP contribution in [0, 0.1) is 0 Å². The quantitative estimate of drug-likeness (QED) is 0.292. The number of para-hydroxylation sites is 2. The Kier molecular flexibility index (Phi) is 10.3. The van der Waals surface area contributed by atoms with E-state index in [0.717, 1.165) is 54.8 Å². The van der Waals surface area contributed by atoms with Crippen LogP contribution in [0.3, 0.4) is 0 Å². The van der Waals surface area contributed by atoms with Crippen LogP contribution in [0.5, 0.6) is 5.75 Å². The molecule has 0 saturated carbocycles. The highest BCUT2D eigenvalue weighted by Gasteiger charge is 2.38. The van der Waals surface area contributed by atoms with E-state index in [2.05, 4.69) is 33.3 Å². The van der Waals surface area contributed by atoms with Crippen molar-refractivity contribution in [1.82, 2.24) is 4.90 Å². The number of aromatic carboxylic acids is 1. The molecular weight excluding hydrogens is 529 g/mol. The highest BCUT2D eigenvalue weighted by molar-refractivity contribution is 5.95. The molecule has 9 nitrogen and oxygen atoms in total. The van der Waals surface area contributed by atoms with Gasteiger partial charge in [0.05, 0.1) is 24.9 Å². The van der Waals surface area contributed by atoms with E-state index in [9.17, 15) is 18.0 Å². The zero-order chi connectivity index (χ0) is 29.1. The number of benzene rings is 3. The van der Waals surface area contributed by atoms with Gasteiger partial charge in [-0.15, -0.1) is 0 Å². The van der Waals surface area contributed by atoms with Crippen LogP contribution in [0.15, 0.2) is 83.9 Å². The molecule has 0 atom stereocenters. The topological polar surface area (TPSA) is 115 Å². The standard InChI is InChI=1S/C26H28N4O3.C2HF3O2/c1-33-24-10-6-5-9-23(24)29-15-17-30(18-16-29)26(27-19-20-7-3-2-4-8-20)28-22-13-11-21(12-14-22)25(31)32;3-2(4,5)1(6)7/h2-14H,15-19H2,1H3,(H,27,28)(H,31,32);(H,6,7). The minimum atomic E-state index is -5.08. The maximum Gasteiger partial charge on any atom is 0.490 e. The first kappa shape index (κ1) is 29.8. The number of halogens is 3. The molecule has 3 aromatic rings. The lowest BCUT2D eigenvalue weighted by Crippen LogP contribution is -2.50. The highest BCUT2D eigenvalue weighted by atomic mass is 19.4. The average molecular weight is 559 g/mol. The lowest BCUT2D eigenvalue weighted by atomic mass is 10.2. The maximum absolute atomic E-state index is 11.2. The first-order valence-corrected chi connectivity index (χ1v) is 12.2. The molecule has 0 aliphatic carbocycles. The van der Waals surface area contributed by atoms with E-state index in [4.69, 9.17) is 24.7 Å². The van der Waals surface area contributed by atoms with Crippen molar-refractivity contribution in [3.8, 4) is 5.75 Å². The fourth-order valence-electron chi connectivity index (χ4n) is 3.84. The Hall–Kier alpha value is -4.74. The first-order chi connectivity index (χ1) is 19.1. The molecule has 1 aliphatic heterocycles. The van der Waals surface area contributed by atoms with Crippen LogP contribution < -0.4 is 15.0 Å². The molecule has 212 valence electrons. The number of alkyl halides is 3. The second kappa shape index (κ2) is 13.9. The molecule has 1 saturated heterocycles. The number of aliphatic carboxylic acids is 1. The van der Waals surface area contributed by atoms with E-state index in [1.165, 1.54) is 0 Å². The monoisotopic (exact) mass is 558 g/mol. The van der Waals surface area contributed by atoms with Gasteiger partial charge in [0.1, 0.15) is 5.75 Å². The predicted octanol–water partition coefficient (Wildman–Crippen LogP) is 4.82. The van der Waals surface area contributed by atoms with E-state index >= 15 is 0 Å². The summed E-state index contributed by atoms with van der Waals surface area (Å²) in [5, 5.41) is 19.7. The van der Waals surface area contributed by atoms with Crippen LogP contribution >= 0.6 is 0 Å². The molecule has 0 aromatic heterocycles. The van der Waals surface area contributed by atoms with Crippen molar-refractivity contribution >= 4 is 29.3 Å². The number of carboxylic acids is 2. The number of piperazine rings is 1. The summed E-state index contributed by atoms with van der Waals surface area (Å²) >= 11 is 0. The molecule has 0 amide bonds. The number of nitrogens with one attached hydrogen (secondary N) is 1. The third-order valence-corrected chi connectivity index (χ3v) is 5.89. The van der Waals surface area contributed by atoms with Gasteiger partial charge >= 0.3 is 18.1 Å². The number of hydrogen-bond acceptors (Lipinski definition) is 5. The van der Waals surface area contributed by atoms with E-state index in [0.29, 0.717) is 6.54 Å². The number of nitrogens with zero attached hydrogens (tertiary/aromatic N) is 3. The summed E-state index contributed by atoms with van der Waals surface area (Å²) in [5.74, 6) is -2.04. The Morgan fingerprint density at radius 2 is 1.48 bits per heavy atom. The smallest absolute Gasteiger partial charge is 0.490 e. The molecule has 0 spiro atoms. The fourth-order valence-corrected chi connectivity index (χ4v) is 3.84. The fraction of sp³-hybridized carbons (Fsp3) is 0.250. The Bertz CT molecular complexity index is 1290. The van der Waals surface area contributed by atoms with Crippen LogP contribution in [-0.4, -0.2) is 72.5 Å². The number of rotatable bonds is 6. The van der Waals surface area contributed by atoms with Gasteiger partial charge in [-0.25, -0.2) is 14.6 Å². The molecule has 0 bridgehead atoms. The van der Waals surface area contributed by atoms with Crippen LogP contribution in [0.25, 0.3) is 0 Å². The molecule has 0 radical (unpaired) electrons. The largest absolute Gasteiger partial charge is 0.495 e. The molecule has 12 heteroatoms.